The van der Waals surface area contributed by atoms with Crippen molar-refractivity contribution in [1.82, 2.24) is 0 Å². The monoisotopic (exact) mass is 229 g/mol. The van der Waals surface area contributed by atoms with Crippen molar-refractivity contribution < 1.29 is 5.11 Å². The predicted molar refractivity (Wildman–Crippen MR) is 53.2 cm³/mol. The first kappa shape index (κ1) is 9.55. The predicted octanol–water partition coefficient (Wildman–Crippen LogP) is 2.05. The Morgan fingerprint density at radius 1 is 1.42 bits per heavy atom. The number of benzene rings is 1. The Labute approximate surface area is 80.5 Å². The molecule has 1 aromatic carbocycles. The van der Waals surface area contributed by atoms with Crippen LogP contribution in [0.3, 0.4) is 0 Å². The molecule has 0 heterocycles. The Morgan fingerprint density at radius 3 is 2.83 bits per heavy atom. The van der Waals surface area contributed by atoms with Crippen molar-refractivity contribution in [1.29, 1.82) is 0 Å². The van der Waals surface area contributed by atoms with Crippen LogP contribution in [-0.2, 0) is 6.42 Å². The van der Waals surface area contributed by atoms with Gasteiger partial charge in [-0.3, -0.25) is 0 Å². The summed E-state index contributed by atoms with van der Waals surface area (Å²) in [4.78, 5) is 0. The lowest BCUT2D eigenvalue weighted by molar-refractivity contribution is 0.471. The van der Waals surface area contributed by atoms with Gasteiger partial charge in [-0.2, -0.15) is 0 Å². The highest BCUT2D eigenvalue weighted by molar-refractivity contribution is 9.10. The van der Waals surface area contributed by atoms with Crippen LogP contribution >= 0.6 is 15.9 Å². The van der Waals surface area contributed by atoms with Crippen molar-refractivity contribution in [2.45, 2.75) is 12.8 Å². The van der Waals surface area contributed by atoms with E-state index < -0.39 is 0 Å². The first-order valence-electron chi connectivity index (χ1n) is 3.92. The van der Waals surface area contributed by atoms with Crippen LogP contribution in [-0.4, -0.2) is 11.7 Å². The zero-order valence-corrected chi connectivity index (χ0v) is 8.34. The molecule has 1 aromatic rings. The van der Waals surface area contributed by atoms with Crippen LogP contribution in [0.4, 0.5) is 0 Å². The van der Waals surface area contributed by atoms with Crippen molar-refractivity contribution in [2.75, 3.05) is 6.54 Å². The van der Waals surface area contributed by atoms with Gasteiger partial charge in [-0.1, -0.05) is 12.1 Å². The molecule has 0 spiro atoms. The van der Waals surface area contributed by atoms with E-state index in [4.69, 9.17) is 5.73 Å². The number of rotatable bonds is 3. The SMILES string of the molecule is NCCCc1cccc(O)c1Br. The van der Waals surface area contributed by atoms with E-state index in [0.717, 1.165) is 22.9 Å². The molecule has 0 amide bonds. The average Bonchev–Trinajstić information content (AvgIpc) is 2.08. The maximum atomic E-state index is 9.32. The fourth-order valence-electron chi connectivity index (χ4n) is 1.05. The van der Waals surface area contributed by atoms with Crippen molar-refractivity contribution in [3.8, 4) is 5.75 Å². The van der Waals surface area contributed by atoms with Crippen LogP contribution in [0.15, 0.2) is 22.7 Å². The van der Waals surface area contributed by atoms with E-state index >= 15 is 0 Å². The summed E-state index contributed by atoms with van der Waals surface area (Å²) in [5, 5.41) is 9.32. The number of aromatic hydroxyl groups is 1. The van der Waals surface area contributed by atoms with Gasteiger partial charge in [-0.05, 0) is 46.9 Å². The lowest BCUT2D eigenvalue weighted by atomic mass is 10.1. The summed E-state index contributed by atoms with van der Waals surface area (Å²) in [5.41, 5.74) is 6.50. The van der Waals surface area contributed by atoms with Gasteiger partial charge in [0.2, 0.25) is 0 Å². The third-order valence-corrected chi connectivity index (χ3v) is 2.62. The Kier molecular flexibility index (Phi) is 3.56. The highest BCUT2D eigenvalue weighted by Gasteiger charge is 2.02. The summed E-state index contributed by atoms with van der Waals surface area (Å²) in [6, 6.07) is 5.49. The number of aryl methyl sites for hydroxylation is 1. The minimum Gasteiger partial charge on any atom is -0.507 e. The maximum absolute atomic E-state index is 9.32. The first-order chi connectivity index (χ1) is 5.75. The van der Waals surface area contributed by atoms with E-state index in [1.165, 1.54) is 0 Å². The van der Waals surface area contributed by atoms with Crippen LogP contribution < -0.4 is 5.73 Å². The van der Waals surface area contributed by atoms with Gasteiger partial charge >= 0.3 is 0 Å². The summed E-state index contributed by atoms with van der Waals surface area (Å²) < 4.78 is 0.790. The molecule has 0 aliphatic rings. The Hall–Kier alpha value is -0.540. The quantitative estimate of drug-likeness (QED) is 0.834. The third kappa shape index (κ3) is 2.22. The molecule has 0 atom stereocenters. The van der Waals surface area contributed by atoms with Gasteiger partial charge in [0.15, 0.2) is 0 Å². The van der Waals surface area contributed by atoms with Crippen molar-refractivity contribution >= 4 is 15.9 Å². The summed E-state index contributed by atoms with van der Waals surface area (Å²) in [6.45, 7) is 0.683. The zero-order valence-electron chi connectivity index (χ0n) is 6.76. The van der Waals surface area contributed by atoms with E-state index in [-0.39, 0.29) is 0 Å². The average molecular weight is 230 g/mol. The topological polar surface area (TPSA) is 46.2 Å². The summed E-state index contributed by atoms with van der Waals surface area (Å²) >= 11 is 3.32. The second-order valence-electron chi connectivity index (χ2n) is 2.64. The van der Waals surface area contributed by atoms with Crippen molar-refractivity contribution in [2.24, 2.45) is 5.73 Å². The molecule has 0 aromatic heterocycles. The Morgan fingerprint density at radius 2 is 2.17 bits per heavy atom. The molecule has 0 saturated heterocycles. The highest BCUT2D eigenvalue weighted by Crippen LogP contribution is 2.27. The van der Waals surface area contributed by atoms with Gasteiger partial charge in [0, 0.05) is 0 Å². The van der Waals surface area contributed by atoms with Crippen LogP contribution in [0, 0.1) is 0 Å². The van der Waals surface area contributed by atoms with Gasteiger partial charge in [-0.25, -0.2) is 0 Å². The van der Waals surface area contributed by atoms with Crippen molar-refractivity contribution in [3.63, 3.8) is 0 Å². The molecule has 0 fully saturated rings. The van der Waals surface area contributed by atoms with E-state index in [0.29, 0.717) is 12.3 Å². The molecular weight excluding hydrogens is 218 g/mol. The van der Waals surface area contributed by atoms with Crippen molar-refractivity contribution in [3.05, 3.63) is 28.2 Å². The fourth-order valence-corrected chi connectivity index (χ4v) is 1.51. The number of hydrogen-bond acceptors (Lipinski definition) is 2. The zero-order chi connectivity index (χ0) is 8.97. The van der Waals surface area contributed by atoms with Gasteiger partial charge in [0.1, 0.15) is 5.75 Å². The molecule has 3 N–H and O–H groups in total. The molecule has 66 valence electrons. The molecule has 1 rings (SSSR count). The van der Waals surface area contributed by atoms with Gasteiger partial charge in [0.25, 0.3) is 0 Å². The molecule has 12 heavy (non-hydrogen) atoms. The van der Waals surface area contributed by atoms with E-state index in [9.17, 15) is 5.11 Å². The molecule has 0 aliphatic heterocycles. The fraction of sp³-hybridized carbons (Fsp3) is 0.333. The second kappa shape index (κ2) is 4.48. The molecule has 0 aliphatic carbocycles. The normalized spacial score (nSPS) is 10.2. The molecule has 0 saturated carbocycles. The summed E-state index contributed by atoms with van der Waals surface area (Å²) in [6.07, 6.45) is 1.85. The van der Waals surface area contributed by atoms with E-state index in [1.54, 1.807) is 6.07 Å². The van der Waals surface area contributed by atoms with Gasteiger partial charge in [0.05, 0.1) is 4.47 Å². The number of hydrogen-bond donors (Lipinski definition) is 2. The maximum Gasteiger partial charge on any atom is 0.130 e. The molecule has 2 nitrogen and oxygen atoms in total. The summed E-state index contributed by atoms with van der Waals surface area (Å²) in [7, 11) is 0. The minimum absolute atomic E-state index is 0.296. The largest absolute Gasteiger partial charge is 0.507 e. The second-order valence-corrected chi connectivity index (χ2v) is 3.44. The van der Waals surface area contributed by atoms with Crippen LogP contribution in [0.5, 0.6) is 5.75 Å². The Bertz CT molecular complexity index is 263. The van der Waals surface area contributed by atoms with E-state index in [2.05, 4.69) is 15.9 Å². The number of phenols is 1. The number of phenolic OH excluding ortho intramolecular Hbond substituents is 1. The van der Waals surface area contributed by atoms with Crippen LogP contribution in [0.25, 0.3) is 0 Å². The van der Waals surface area contributed by atoms with Gasteiger partial charge < -0.3 is 10.8 Å². The number of nitrogens with two attached hydrogens (primary N) is 1. The lowest BCUT2D eigenvalue weighted by Gasteiger charge is -2.04. The smallest absolute Gasteiger partial charge is 0.130 e. The molecule has 0 radical (unpaired) electrons. The Balaban J connectivity index is 2.78. The molecule has 3 heteroatoms. The van der Waals surface area contributed by atoms with Crippen LogP contribution in [0.2, 0.25) is 0 Å². The molecular formula is C9H12BrNO. The minimum atomic E-state index is 0.296. The molecule has 0 bridgehead atoms. The molecule has 0 unspecified atom stereocenters. The highest BCUT2D eigenvalue weighted by atomic mass is 79.9. The lowest BCUT2D eigenvalue weighted by Crippen LogP contribution is -2.00. The van der Waals surface area contributed by atoms with E-state index in [1.807, 2.05) is 12.1 Å². The summed E-state index contributed by atoms with van der Waals surface area (Å²) in [5.74, 6) is 0.296. The standard InChI is InChI=1S/C9H12BrNO/c10-9-7(4-2-6-11)3-1-5-8(9)12/h1,3,5,12H,2,4,6,11H2. The third-order valence-electron chi connectivity index (χ3n) is 1.71. The van der Waals surface area contributed by atoms with Gasteiger partial charge in [-0.15, -0.1) is 0 Å². The van der Waals surface area contributed by atoms with Crippen LogP contribution in [0.1, 0.15) is 12.0 Å². The first-order valence-corrected chi connectivity index (χ1v) is 4.71. The number of halogens is 1.